The number of carbonyl (C=O) groups excluding carboxylic acids is 1. The number of amides is 1. The molecule has 0 bridgehead atoms. The summed E-state index contributed by atoms with van der Waals surface area (Å²) in [5.74, 6) is 1.58. The third kappa shape index (κ3) is 4.93. The van der Waals surface area contributed by atoms with Gasteiger partial charge >= 0.3 is 0 Å². The average molecular weight is 292 g/mol. The molecule has 1 aromatic rings. The molecule has 1 aliphatic rings. The maximum atomic E-state index is 11.1. The summed E-state index contributed by atoms with van der Waals surface area (Å²) in [6.07, 6.45) is 3.81. The second kappa shape index (κ2) is 7.88. The maximum Gasteiger partial charge on any atom is 0.220 e. The van der Waals surface area contributed by atoms with Gasteiger partial charge in [0, 0.05) is 18.5 Å². The molecule has 0 spiro atoms. The van der Waals surface area contributed by atoms with Gasteiger partial charge in [0.05, 0.1) is 7.11 Å². The van der Waals surface area contributed by atoms with Gasteiger partial charge in [0.15, 0.2) is 0 Å². The standard InChI is InChI=1S/C16H24N2O3/c1-20-14-6-8-15(9-7-14)21-11-10-18-13-4-2-12(3-5-13)16(17)19/h6-9,12-13,18H,2-5,10-11H2,1H3,(H2,17,19). The quantitative estimate of drug-likeness (QED) is 0.750. The summed E-state index contributed by atoms with van der Waals surface area (Å²) >= 11 is 0. The Bertz CT molecular complexity index is 439. The van der Waals surface area contributed by atoms with Crippen LogP contribution in [-0.4, -0.2) is 32.2 Å². The first-order valence-electron chi connectivity index (χ1n) is 7.48. The minimum atomic E-state index is -0.156. The second-order valence-electron chi connectivity index (χ2n) is 5.43. The number of ether oxygens (including phenoxy) is 2. The van der Waals surface area contributed by atoms with Crippen LogP contribution in [0.3, 0.4) is 0 Å². The van der Waals surface area contributed by atoms with Gasteiger partial charge in [0.25, 0.3) is 0 Å². The normalized spacial score (nSPS) is 21.8. The largest absolute Gasteiger partial charge is 0.497 e. The van der Waals surface area contributed by atoms with Crippen LogP contribution in [0.4, 0.5) is 0 Å². The Hall–Kier alpha value is -1.75. The molecule has 5 nitrogen and oxygen atoms in total. The SMILES string of the molecule is COc1ccc(OCCNC2CCC(C(N)=O)CC2)cc1. The van der Waals surface area contributed by atoms with Crippen LogP contribution in [0.1, 0.15) is 25.7 Å². The lowest BCUT2D eigenvalue weighted by atomic mass is 9.85. The van der Waals surface area contributed by atoms with Crippen molar-refractivity contribution >= 4 is 5.91 Å². The van der Waals surface area contributed by atoms with E-state index < -0.39 is 0 Å². The monoisotopic (exact) mass is 292 g/mol. The minimum absolute atomic E-state index is 0.0681. The van der Waals surface area contributed by atoms with Crippen LogP contribution in [0, 0.1) is 5.92 Å². The van der Waals surface area contributed by atoms with Gasteiger partial charge in [0.2, 0.25) is 5.91 Å². The minimum Gasteiger partial charge on any atom is -0.497 e. The summed E-state index contributed by atoms with van der Waals surface area (Å²) in [5, 5.41) is 3.47. The van der Waals surface area contributed by atoms with Gasteiger partial charge in [-0.05, 0) is 49.9 Å². The number of nitrogens with one attached hydrogen (secondary N) is 1. The Labute approximate surface area is 125 Å². The third-order valence-electron chi connectivity index (χ3n) is 3.99. The molecule has 1 saturated carbocycles. The molecule has 0 radical (unpaired) electrons. The van der Waals surface area contributed by atoms with Gasteiger partial charge in [-0.2, -0.15) is 0 Å². The smallest absolute Gasteiger partial charge is 0.220 e. The molecule has 1 aliphatic carbocycles. The lowest BCUT2D eigenvalue weighted by molar-refractivity contribution is -0.122. The fraction of sp³-hybridized carbons (Fsp3) is 0.562. The van der Waals surface area contributed by atoms with Crippen LogP contribution in [-0.2, 0) is 4.79 Å². The predicted octanol–water partition coefficient (Wildman–Crippen LogP) is 1.71. The lowest BCUT2D eigenvalue weighted by Gasteiger charge is -2.27. The van der Waals surface area contributed by atoms with Gasteiger partial charge in [-0.1, -0.05) is 0 Å². The van der Waals surface area contributed by atoms with Crippen molar-refractivity contribution in [3.63, 3.8) is 0 Å². The zero-order valence-electron chi connectivity index (χ0n) is 12.5. The molecule has 2 rings (SSSR count). The zero-order chi connectivity index (χ0) is 15.1. The van der Waals surface area contributed by atoms with Crippen molar-refractivity contribution in [2.45, 2.75) is 31.7 Å². The number of hydrogen-bond acceptors (Lipinski definition) is 4. The van der Waals surface area contributed by atoms with Crippen LogP contribution >= 0.6 is 0 Å². The van der Waals surface area contributed by atoms with Crippen LogP contribution in [0.2, 0.25) is 0 Å². The Morgan fingerprint density at radius 2 is 1.81 bits per heavy atom. The molecule has 3 N–H and O–H groups in total. The van der Waals surface area contributed by atoms with Gasteiger partial charge < -0.3 is 20.5 Å². The van der Waals surface area contributed by atoms with Crippen molar-refractivity contribution in [3.8, 4) is 11.5 Å². The molecule has 0 unspecified atom stereocenters. The fourth-order valence-corrected chi connectivity index (χ4v) is 2.69. The van der Waals surface area contributed by atoms with E-state index in [1.54, 1.807) is 7.11 Å². The van der Waals surface area contributed by atoms with Gasteiger partial charge in [-0.3, -0.25) is 4.79 Å². The van der Waals surface area contributed by atoms with Crippen molar-refractivity contribution in [2.24, 2.45) is 11.7 Å². The Kier molecular flexibility index (Phi) is 5.87. The van der Waals surface area contributed by atoms with E-state index in [0.29, 0.717) is 12.6 Å². The number of benzene rings is 1. The summed E-state index contributed by atoms with van der Waals surface area (Å²) in [5.41, 5.74) is 5.33. The molecule has 0 atom stereocenters. The van der Waals surface area contributed by atoms with Crippen molar-refractivity contribution < 1.29 is 14.3 Å². The van der Waals surface area contributed by atoms with Crippen LogP contribution in [0.15, 0.2) is 24.3 Å². The number of primary amides is 1. The van der Waals surface area contributed by atoms with Crippen molar-refractivity contribution in [1.29, 1.82) is 0 Å². The van der Waals surface area contributed by atoms with Crippen LogP contribution < -0.4 is 20.5 Å². The lowest BCUT2D eigenvalue weighted by Crippen LogP contribution is -2.38. The highest BCUT2D eigenvalue weighted by atomic mass is 16.5. The Morgan fingerprint density at radius 3 is 2.38 bits per heavy atom. The van der Waals surface area contributed by atoms with Crippen molar-refractivity contribution in [1.82, 2.24) is 5.32 Å². The Morgan fingerprint density at radius 1 is 1.19 bits per heavy atom. The summed E-state index contributed by atoms with van der Waals surface area (Å²) in [6.45, 7) is 1.43. The second-order valence-corrected chi connectivity index (χ2v) is 5.43. The highest BCUT2D eigenvalue weighted by Gasteiger charge is 2.23. The summed E-state index contributed by atoms with van der Waals surface area (Å²) in [7, 11) is 1.65. The molecule has 0 aliphatic heterocycles. The molecular formula is C16H24N2O3. The number of methoxy groups -OCH3 is 1. The molecule has 5 heteroatoms. The van der Waals surface area contributed by atoms with Crippen molar-refractivity contribution in [3.05, 3.63) is 24.3 Å². The highest BCUT2D eigenvalue weighted by molar-refractivity contribution is 5.76. The van der Waals surface area contributed by atoms with Gasteiger partial charge in [-0.15, -0.1) is 0 Å². The first-order chi connectivity index (χ1) is 10.2. The molecular weight excluding hydrogens is 268 g/mol. The fourth-order valence-electron chi connectivity index (χ4n) is 2.69. The molecule has 1 aromatic carbocycles. The Balaban J connectivity index is 1.60. The van der Waals surface area contributed by atoms with E-state index in [0.717, 1.165) is 43.7 Å². The topological polar surface area (TPSA) is 73.6 Å². The third-order valence-corrected chi connectivity index (χ3v) is 3.99. The van der Waals surface area contributed by atoms with Gasteiger partial charge in [0.1, 0.15) is 18.1 Å². The van der Waals surface area contributed by atoms with Crippen LogP contribution in [0.25, 0.3) is 0 Å². The average Bonchev–Trinajstić information content (AvgIpc) is 2.52. The molecule has 116 valence electrons. The molecule has 0 saturated heterocycles. The van der Waals surface area contributed by atoms with E-state index in [2.05, 4.69) is 5.32 Å². The van der Waals surface area contributed by atoms with Gasteiger partial charge in [-0.25, -0.2) is 0 Å². The number of carbonyl (C=O) groups is 1. The molecule has 0 aromatic heterocycles. The number of nitrogens with two attached hydrogens (primary N) is 1. The molecule has 0 heterocycles. The number of hydrogen-bond donors (Lipinski definition) is 2. The van der Waals surface area contributed by atoms with E-state index >= 15 is 0 Å². The van der Waals surface area contributed by atoms with E-state index in [4.69, 9.17) is 15.2 Å². The molecule has 1 fully saturated rings. The predicted molar refractivity (Wildman–Crippen MR) is 81.4 cm³/mol. The van der Waals surface area contributed by atoms with E-state index in [9.17, 15) is 4.79 Å². The van der Waals surface area contributed by atoms with Crippen molar-refractivity contribution in [2.75, 3.05) is 20.3 Å². The van der Waals surface area contributed by atoms with E-state index in [1.807, 2.05) is 24.3 Å². The van der Waals surface area contributed by atoms with E-state index in [-0.39, 0.29) is 11.8 Å². The first kappa shape index (κ1) is 15.6. The molecule has 1 amide bonds. The molecule has 21 heavy (non-hydrogen) atoms. The summed E-state index contributed by atoms with van der Waals surface area (Å²) in [6, 6.07) is 8.04. The highest BCUT2D eigenvalue weighted by Crippen LogP contribution is 2.23. The summed E-state index contributed by atoms with van der Waals surface area (Å²) in [4.78, 5) is 11.1. The maximum absolute atomic E-state index is 11.1. The van der Waals surface area contributed by atoms with E-state index in [1.165, 1.54) is 0 Å². The summed E-state index contributed by atoms with van der Waals surface area (Å²) < 4.78 is 10.8. The number of rotatable bonds is 7. The van der Waals surface area contributed by atoms with Crippen LogP contribution in [0.5, 0.6) is 11.5 Å². The first-order valence-corrected chi connectivity index (χ1v) is 7.48. The zero-order valence-corrected chi connectivity index (χ0v) is 12.5.